The molecule has 1 heterocycles. The smallest absolute Gasteiger partial charge is 0.263 e. The van der Waals surface area contributed by atoms with Gasteiger partial charge in [-0.25, -0.2) is 4.79 Å². The first-order valence-electron chi connectivity index (χ1n) is 5.81. The van der Waals surface area contributed by atoms with Crippen LogP contribution >= 0.6 is 0 Å². The lowest BCUT2D eigenvalue weighted by atomic mass is 10.2. The van der Waals surface area contributed by atoms with Crippen molar-refractivity contribution in [1.82, 2.24) is 4.90 Å². The normalized spacial score (nSPS) is 20.4. The fourth-order valence-electron chi connectivity index (χ4n) is 1.91. The molecule has 0 aromatic carbocycles. The Balaban J connectivity index is 2.45. The van der Waals surface area contributed by atoms with E-state index in [-0.39, 0.29) is 11.5 Å². The van der Waals surface area contributed by atoms with Gasteiger partial charge in [-0.1, -0.05) is 26.2 Å². The Kier molecular flexibility index (Phi) is 5.23. The first-order valence-corrected chi connectivity index (χ1v) is 5.81. The van der Waals surface area contributed by atoms with Gasteiger partial charge < -0.3 is 9.64 Å². The minimum Gasteiger partial charge on any atom is -0.374 e. The lowest BCUT2D eigenvalue weighted by Gasteiger charge is -2.14. The van der Waals surface area contributed by atoms with Gasteiger partial charge in [-0.3, -0.25) is 4.79 Å². The molecule has 0 bridgehead atoms. The van der Waals surface area contributed by atoms with E-state index >= 15 is 0 Å². The number of carbonyl (C=O) groups is 1. The Morgan fingerprint density at radius 3 is 2.69 bits per heavy atom. The first kappa shape index (κ1) is 12.9. The molecule has 1 saturated heterocycles. The van der Waals surface area contributed by atoms with Gasteiger partial charge in [0.2, 0.25) is 0 Å². The Hall–Kier alpha value is -1.12. The molecule has 1 aliphatic heterocycles. The molecular formula is C12H19NO3. The van der Waals surface area contributed by atoms with E-state index in [0.717, 1.165) is 12.8 Å². The molecular weight excluding hydrogens is 206 g/mol. The number of likely N-dealkylation sites (tertiary alicyclic amines) is 1. The molecule has 4 nitrogen and oxygen atoms in total. The minimum absolute atomic E-state index is 0.137. The molecule has 1 atom stereocenters. The monoisotopic (exact) mass is 225 g/mol. The molecule has 1 aliphatic rings. The number of methoxy groups -OCH3 is 1. The maximum atomic E-state index is 11.7. The molecule has 0 spiro atoms. The molecule has 0 aromatic heterocycles. The topological polar surface area (TPSA) is 46.6 Å². The molecule has 1 amide bonds. The molecule has 0 aromatic rings. The molecule has 1 fully saturated rings. The summed E-state index contributed by atoms with van der Waals surface area (Å²) >= 11 is 0. The van der Waals surface area contributed by atoms with Crippen molar-refractivity contribution in [3.8, 4) is 0 Å². The number of nitrogens with zero attached hydrogens (tertiary/aromatic N) is 1. The number of hydrogen-bond donors (Lipinski definition) is 0. The van der Waals surface area contributed by atoms with Gasteiger partial charge in [-0.05, 0) is 6.42 Å². The number of ether oxygens (including phenoxy) is 1. The summed E-state index contributed by atoms with van der Waals surface area (Å²) in [5, 5.41) is 0. The van der Waals surface area contributed by atoms with Crippen LogP contribution in [0.15, 0.2) is 5.57 Å². The molecule has 16 heavy (non-hydrogen) atoms. The summed E-state index contributed by atoms with van der Waals surface area (Å²) in [6.07, 6.45) is 4.08. The number of hydrogen-bond acceptors (Lipinski definition) is 3. The van der Waals surface area contributed by atoms with E-state index in [1.165, 1.54) is 20.0 Å². The van der Waals surface area contributed by atoms with E-state index in [1.54, 1.807) is 10.8 Å². The second-order valence-electron chi connectivity index (χ2n) is 4.05. The summed E-state index contributed by atoms with van der Waals surface area (Å²) in [6.45, 7) is 3.35. The van der Waals surface area contributed by atoms with Gasteiger partial charge in [0.25, 0.3) is 5.91 Å². The Morgan fingerprint density at radius 2 is 2.19 bits per heavy atom. The predicted octanol–water partition coefficient (Wildman–Crippen LogP) is 1.18. The van der Waals surface area contributed by atoms with Crippen molar-refractivity contribution in [2.75, 3.05) is 20.2 Å². The Labute approximate surface area is 96.3 Å². The van der Waals surface area contributed by atoms with Crippen molar-refractivity contribution in [1.29, 1.82) is 0 Å². The molecule has 1 unspecified atom stereocenters. The molecule has 0 N–H and O–H groups in total. The van der Waals surface area contributed by atoms with Crippen LogP contribution < -0.4 is 0 Å². The predicted molar refractivity (Wildman–Crippen MR) is 60.7 cm³/mol. The van der Waals surface area contributed by atoms with E-state index in [1.807, 2.05) is 0 Å². The number of amides is 1. The van der Waals surface area contributed by atoms with Crippen molar-refractivity contribution in [3.63, 3.8) is 0 Å². The van der Waals surface area contributed by atoms with Gasteiger partial charge in [-0.15, -0.1) is 0 Å². The van der Waals surface area contributed by atoms with E-state index in [9.17, 15) is 9.59 Å². The maximum Gasteiger partial charge on any atom is 0.263 e. The second-order valence-corrected chi connectivity index (χ2v) is 4.05. The molecule has 0 saturated carbocycles. The third-order valence-electron chi connectivity index (χ3n) is 2.90. The zero-order chi connectivity index (χ0) is 12.0. The lowest BCUT2D eigenvalue weighted by Crippen LogP contribution is -2.27. The van der Waals surface area contributed by atoms with Crippen LogP contribution in [0.4, 0.5) is 0 Å². The quantitative estimate of drug-likeness (QED) is 0.387. The van der Waals surface area contributed by atoms with Gasteiger partial charge in [0, 0.05) is 13.7 Å². The Bertz CT molecular complexity index is 295. The zero-order valence-corrected chi connectivity index (χ0v) is 9.99. The van der Waals surface area contributed by atoms with E-state index in [4.69, 9.17) is 4.74 Å². The lowest BCUT2D eigenvalue weighted by molar-refractivity contribution is -0.124. The Morgan fingerprint density at radius 1 is 1.44 bits per heavy atom. The molecule has 0 aliphatic carbocycles. The van der Waals surface area contributed by atoms with E-state index in [2.05, 4.69) is 6.92 Å². The van der Waals surface area contributed by atoms with Crippen molar-refractivity contribution in [3.05, 3.63) is 5.57 Å². The van der Waals surface area contributed by atoms with Crippen LogP contribution in [0.3, 0.4) is 0 Å². The average molecular weight is 225 g/mol. The van der Waals surface area contributed by atoms with Crippen molar-refractivity contribution < 1.29 is 14.3 Å². The van der Waals surface area contributed by atoms with Crippen molar-refractivity contribution in [2.45, 2.75) is 38.7 Å². The molecule has 90 valence electrons. The standard InChI is InChI=1S/C12H19NO3/c1-3-4-5-6-7-13-8-11(16-2)10(9-14)12(13)15/h11H,3-8H2,1-2H3. The van der Waals surface area contributed by atoms with Gasteiger partial charge in [0.1, 0.15) is 17.6 Å². The molecule has 4 heteroatoms. The summed E-state index contributed by atoms with van der Waals surface area (Å²) in [7, 11) is 1.51. The number of rotatable bonds is 6. The van der Waals surface area contributed by atoms with Gasteiger partial charge in [-0.2, -0.15) is 0 Å². The fraction of sp³-hybridized carbons (Fsp3) is 0.750. The first-order chi connectivity index (χ1) is 7.74. The van der Waals surface area contributed by atoms with Gasteiger partial charge >= 0.3 is 0 Å². The summed E-state index contributed by atoms with van der Waals surface area (Å²) in [6, 6.07) is 0. The molecule has 0 radical (unpaired) electrons. The summed E-state index contributed by atoms with van der Waals surface area (Å²) in [5.74, 6) is 1.49. The highest BCUT2D eigenvalue weighted by Gasteiger charge is 2.35. The number of carbonyl (C=O) groups excluding carboxylic acids is 2. The van der Waals surface area contributed by atoms with Crippen LogP contribution in [-0.2, 0) is 14.3 Å². The average Bonchev–Trinajstić information content (AvgIpc) is 2.61. The van der Waals surface area contributed by atoms with E-state index < -0.39 is 6.10 Å². The minimum atomic E-state index is -0.392. The molecule has 1 rings (SSSR count). The largest absolute Gasteiger partial charge is 0.374 e. The SMILES string of the molecule is CCCCCCN1CC(OC)C(=C=O)C1=O. The third kappa shape index (κ3) is 2.94. The second kappa shape index (κ2) is 6.46. The zero-order valence-electron chi connectivity index (χ0n) is 9.99. The number of unbranched alkanes of at least 4 members (excludes halogenated alkanes) is 3. The fourth-order valence-corrected chi connectivity index (χ4v) is 1.91. The highest BCUT2D eigenvalue weighted by Crippen LogP contribution is 2.18. The van der Waals surface area contributed by atoms with Gasteiger partial charge in [0.15, 0.2) is 0 Å². The van der Waals surface area contributed by atoms with Crippen LogP contribution in [0.5, 0.6) is 0 Å². The van der Waals surface area contributed by atoms with Crippen molar-refractivity contribution in [2.24, 2.45) is 0 Å². The highest BCUT2D eigenvalue weighted by atomic mass is 16.5. The van der Waals surface area contributed by atoms with Crippen molar-refractivity contribution >= 4 is 11.8 Å². The summed E-state index contributed by atoms with van der Waals surface area (Å²) in [5.41, 5.74) is 0.137. The van der Waals surface area contributed by atoms with E-state index in [0.29, 0.717) is 13.1 Å². The van der Waals surface area contributed by atoms with Gasteiger partial charge in [0.05, 0.1) is 6.54 Å². The summed E-state index contributed by atoms with van der Waals surface area (Å²) in [4.78, 5) is 24.0. The highest BCUT2D eigenvalue weighted by molar-refractivity contribution is 6.03. The van der Waals surface area contributed by atoms with Crippen LogP contribution in [0.2, 0.25) is 0 Å². The maximum absolute atomic E-state index is 11.7. The van der Waals surface area contributed by atoms with Crippen LogP contribution in [-0.4, -0.2) is 43.1 Å². The third-order valence-corrected chi connectivity index (χ3v) is 2.90. The van der Waals surface area contributed by atoms with Crippen LogP contribution in [0.1, 0.15) is 32.6 Å². The van der Waals surface area contributed by atoms with Crippen LogP contribution in [0, 0.1) is 0 Å². The summed E-state index contributed by atoms with van der Waals surface area (Å²) < 4.78 is 5.08. The van der Waals surface area contributed by atoms with Crippen LogP contribution in [0.25, 0.3) is 0 Å².